The Balaban J connectivity index is 1.64. The molecule has 0 aliphatic carbocycles. The van der Waals surface area contributed by atoms with Crippen LogP contribution < -0.4 is 0 Å². The summed E-state index contributed by atoms with van der Waals surface area (Å²) in [5.41, 5.74) is 3.20. The minimum absolute atomic E-state index is 0.00980. The maximum absolute atomic E-state index is 13.2. The second kappa shape index (κ2) is 8.20. The Morgan fingerprint density at radius 3 is 2.70 bits per heavy atom. The third kappa shape index (κ3) is 4.39. The Labute approximate surface area is 176 Å². The fourth-order valence-corrected chi connectivity index (χ4v) is 3.86. The Hall–Kier alpha value is -2.71. The molecule has 0 unspecified atom stereocenters. The molecule has 9 heteroatoms. The van der Waals surface area contributed by atoms with Crippen LogP contribution in [0.1, 0.15) is 11.1 Å². The molecule has 0 N–H and O–H groups in total. The zero-order chi connectivity index (χ0) is 21.3. The molecule has 0 radical (unpaired) electrons. The van der Waals surface area contributed by atoms with E-state index in [9.17, 15) is 13.2 Å². The molecule has 0 atom stereocenters. The van der Waals surface area contributed by atoms with Crippen LogP contribution >= 0.6 is 11.6 Å². The van der Waals surface area contributed by atoms with E-state index in [0.717, 1.165) is 28.7 Å². The largest absolute Gasteiger partial charge is 0.406 e. The normalized spacial score (nSPS) is 12.3. The van der Waals surface area contributed by atoms with Gasteiger partial charge >= 0.3 is 6.18 Å². The molecule has 3 heterocycles. The number of alkyl halides is 3. The van der Waals surface area contributed by atoms with Crippen molar-refractivity contribution >= 4 is 33.5 Å². The summed E-state index contributed by atoms with van der Waals surface area (Å²) in [7, 11) is 2.01. The molecular formula is C21H19ClF3N5. The van der Waals surface area contributed by atoms with Crippen LogP contribution in [0.2, 0.25) is 5.15 Å². The smallest absolute Gasteiger partial charge is 0.327 e. The Morgan fingerprint density at radius 2 is 1.97 bits per heavy atom. The van der Waals surface area contributed by atoms with Gasteiger partial charge in [-0.2, -0.15) is 13.2 Å². The molecule has 30 heavy (non-hydrogen) atoms. The maximum Gasteiger partial charge on any atom is 0.406 e. The summed E-state index contributed by atoms with van der Waals surface area (Å²) in [5.74, 6) is 0. The topological polar surface area (TPSA) is 46.8 Å². The standard InChI is InChI=1S/C21H19ClF3N5/c1-29(8-6-14-3-2-7-26-10-14)11-15-4-5-17-16(9-15)18-19(20(22)28-13-27-18)30(17)12-21(23,24)25/h2-5,7,9-10,13H,6,8,11-12H2,1H3. The average Bonchev–Trinajstić information content (AvgIpc) is 3.00. The van der Waals surface area contributed by atoms with Gasteiger partial charge < -0.3 is 9.47 Å². The van der Waals surface area contributed by atoms with Gasteiger partial charge in [0.15, 0.2) is 5.15 Å². The first-order valence-electron chi connectivity index (χ1n) is 9.37. The quantitative estimate of drug-likeness (QED) is 0.407. The van der Waals surface area contributed by atoms with Crippen molar-refractivity contribution < 1.29 is 13.2 Å². The van der Waals surface area contributed by atoms with E-state index in [1.54, 1.807) is 12.3 Å². The summed E-state index contributed by atoms with van der Waals surface area (Å²) in [4.78, 5) is 14.4. The van der Waals surface area contributed by atoms with Gasteiger partial charge in [-0.3, -0.25) is 4.98 Å². The van der Waals surface area contributed by atoms with E-state index in [1.807, 2.05) is 37.5 Å². The van der Waals surface area contributed by atoms with Crippen molar-refractivity contribution in [2.24, 2.45) is 0 Å². The first kappa shape index (κ1) is 20.6. The predicted molar refractivity (Wildman–Crippen MR) is 110 cm³/mol. The minimum Gasteiger partial charge on any atom is -0.327 e. The van der Waals surface area contributed by atoms with Gasteiger partial charge in [-0.1, -0.05) is 23.7 Å². The molecule has 4 rings (SSSR count). The molecular weight excluding hydrogens is 415 g/mol. The van der Waals surface area contributed by atoms with Gasteiger partial charge in [0.1, 0.15) is 23.9 Å². The highest BCUT2D eigenvalue weighted by Gasteiger charge is 2.30. The second-order valence-electron chi connectivity index (χ2n) is 7.26. The summed E-state index contributed by atoms with van der Waals surface area (Å²) < 4.78 is 40.6. The van der Waals surface area contributed by atoms with E-state index in [1.165, 1.54) is 6.33 Å². The molecule has 0 amide bonds. The Bertz CT molecular complexity index is 1170. The van der Waals surface area contributed by atoms with Crippen LogP contribution in [0.3, 0.4) is 0 Å². The van der Waals surface area contributed by atoms with Crippen LogP contribution in [0, 0.1) is 0 Å². The van der Waals surface area contributed by atoms with Crippen molar-refractivity contribution in [3.63, 3.8) is 0 Å². The molecule has 0 bridgehead atoms. The number of halogens is 4. The van der Waals surface area contributed by atoms with Gasteiger partial charge in [0.05, 0.1) is 5.52 Å². The van der Waals surface area contributed by atoms with Gasteiger partial charge in [-0.05, 0) is 42.8 Å². The molecule has 156 valence electrons. The maximum atomic E-state index is 13.2. The van der Waals surface area contributed by atoms with E-state index in [2.05, 4.69) is 19.9 Å². The highest BCUT2D eigenvalue weighted by molar-refractivity contribution is 6.34. The lowest BCUT2D eigenvalue weighted by Gasteiger charge is -2.17. The molecule has 4 aromatic rings. The first-order valence-corrected chi connectivity index (χ1v) is 9.75. The molecule has 0 aliphatic heterocycles. The number of nitrogens with zero attached hydrogens (tertiary/aromatic N) is 5. The predicted octanol–water partition coefficient (Wildman–Crippen LogP) is 4.87. The van der Waals surface area contributed by atoms with E-state index in [4.69, 9.17) is 11.6 Å². The van der Waals surface area contributed by atoms with Crippen LogP contribution in [0.15, 0.2) is 49.1 Å². The third-order valence-corrected chi connectivity index (χ3v) is 5.23. The van der Waals surface area contributed by atoms with Crippen LogP contribution in [-0.4, -0.2) is 44.2 Å². The monoisotopic (exact) mass is 433 g/mol. The number of hydrogen-bond donors (Lipinski definition) is 0. The lowest BCUT2D eigenvalue weighted by Crippen LogP contribution is -2.20. The second-order valence-corrected chi connectivity index (χ2v) is 7.62. The van der Waals surface area contributed by atoms with Gasteiger partial charge in [0.2, 0.25) is 0 Å². The Kier molecular flexibility index (Phi) is 5.62. The lowest BCUT2D eigenvalue weighted by atomic mass is 10.1. The van der Waals surface area contributed by atoms with Gasteiger partial charge in [-0.25, -0.2) is 9.97 Å². The van der Waals surface area contributed by atoms with Crippen LogP contribution in [-0.2, 0) is 19.5 Å². The number of pyridine rings is 1. The number of fused-ring (bicyclic) bond motifs is 3. The summed E-state index contributed by atoms with van der Waals surface area (Å²) in [6.45, 7) is 0.332. The number of benzene rings is 1. The SMILES string of the molecule is CN(CCc1cccnc1)Cc1ccc2c(c1)c1ncnc(Cl)c1n2CC(F)(F)F. The number of rotatable bonds is 6. The van der Waals surface area contributed by atoms with E-state index < -0.39 is 12.7 Å². The highest BCUT2D eigenvalue weighted by Crippen LogP contribution is 2.34. The van der Waals surface area contributed by atoms with E-state index >= 15 is 0 Å². The number of aromatic nitrogens is 4. The summed E-state index contributed by atoms with van der Waals surface area (Å²) in [6, 6.07) is 9.37. The molecule has 3 aromatic heterocycles. The van der Waals surface area contributed by atoms with Crippen molar-refractivity contribution in [1.82, 2.24) is 24.4 Å². The zero-order valence-electron chi connectivity index (χ0n) is 16.2. The van der Waals surface area contributed by atoms with Crippen LogP contribution in [0.25, 0.3) is 21.9 Å². The molecule has 0 aliphatic rings. The molecule has 1 aromatic carbocycles. The van der Waals surface area contributed by atoms with Gasteiger partial charge in [-0.15, -0.1) is 0 Å². The van der Waals surface area contributed by atoms with Crippen LogP contribution in [0.4, 0.5) is 13.2 Å². The lowest BCUT2D eigenvalue weighted by molar-refractivity contribution is -0.139. The van der Waals surface area contributed by atoms with E-state index in [-0.39, 0.29) is 10.7 Å². The molecule has 0 saturated heterocycles. The number of hydrogen-bond acceptors (Lipinski definition) is 4. The third-order valence-electron chi connectivity index (χ3n) is 4.95. The molecule has 0 fully saturated rings. The fourth-order valence-electron chi connectivity index (χ4n) is 3.62. The van der Waals surface area contributed by atoms with Crippen molar-refractivity contribution in [2.45, 2.75) is 25.7 Å². The van der Waals surface area contributed by atoms with Crippen molar-refractivity contribution in [3.05, 3.63) is 65.3 Å². The summed E-state index contributed by atoms with van der Waals surface area (Å²) >= 11 is 6.13. The van der Waals surface area contributed by atoms with Crippen molar-refractivity contribution in [3.8, 4) is 0 Å². The minimum atomic E-state index is -4.39. The average molecular weight is 434 g/mol. The van der Waals surface area contributed by atoms with Crippen LogP contribution in [0.5, 0.6) is 0 Å². The van der Waals surface area contributed by atoms with Gasteiger partial charge in [0.25, 0.3) is 0 Å². The van der Waals surface area contributed by atoms with Gasteiger partial charge in [0, 0.05) is 30.9 Å². The first-order chi connectivity index (χ1) is 14.3. The summed E-state index contributed by atoms with van der Waals surface area (Å²) in [5, 5.41) is 0.646. The van der Waals surface area contributed by atoms with E-state index in [0.29, 0.717) is 23.0 Å². The fraction of sp³-hybridized carbons (Fsp3) is 0.286. The molecule has 0 spiro atoms. The van der Waals surface area contributed by atoms with Crippen molar-refractivity contribution in [1.29, 1.82) is 0 Å². The number of likely N-dealkylation sites (N-methyl/N-ethyl adjacent to an activating group) is 1. The zero-order valence-corrected chi connectivity index (χ0v) is 17.0. The molecule has 0 saturated carbocycles. The highest BCUT2D eigenvalue weighted by atomic mass is 35.5. The van der Waals surface area contributed by atoms with Crippen molar-refractivity contribution in [2.75, 3.05) is 13.6 Å². The molecule has 5 nitrogen and oxygen atoms in total. The summed E-state index contributed by atoms with van der Waals surface area (Å²) in [6.07, 6.45) is 1.34. The Morgan fingerprint density at radius 1 is 1.13 bits per heavy atom.